The third kappa shape index (κ3) is 6.54. The van der Waals surface area contributed by atoms with Gasteiger partial charge in [-0.3, -0.25) is 0 Å². The van der Waals surface area contributed by atoms with Gasteiger partial charge in [0, 0.05) is 33.5 Å². The first-order chi connectivity index (χ1) is 34.8. The molecule has 0 radical (unpaired) electrons. The Morgan fingerprint density at radius 1 is 0.338 bits per heavy atom. The number of anilines is 3. The first-order valence-electron chi connectivity index (χ1n) is 25.5. The van der Waals surface area contributed by atoms with Crippen LogP contribution in [0.1, 0.15) is 66.8 Å². The maximum Gasteiger partial charge on any atom is 0.0714 e. The Bertz CT molecular complexity index is 3840. The van der Waals surface area contributed by atoms with Gasteiger partial charge in [-0.05, 0) is 210 Å². The zero-order valence-electron chi connectivity index (χ0n) is 40.9. The molecule has 0 fully saturated rings. The van der Waals surface area contributed by atoms with Gasteiger partial charge in [-0.15, -0.1) is 0 Å². The summed E-state index contributed by atoms with van der Waals surface area (Å²) in [5, 5.41) is 2.54. The van der Waals surface area contributed by atoms with Crippen molar-refractivity contribution in [1.29, 1.82) is 0 Å². The van der Waals surface area contributed by atoms with E-state index >= 15 is 0 Å². The molecule has 3 aliphatic rings. The zero-order valence-corrected chi connectivity index (χ0v) is 40.9. The largest absolute Gasteiger partial charge is 0.311 e. The number of nitrogens with zero attached hydrogens (tertiary/aromatic N) is 2. The smallest absolute Gasteiger partial charge is 0.0714 e. The van der Waals surface area contributed by atoms with Crippen LogP contribution in [-0.4, -0.2) is 4.57 Å². The third-order valence-electron chi connectivity index (χ3n) is 16.3. The Kier molecular flexibility index (Phi) is 9.36. The van der Waals surface area contributed by atoms with E-state index in [1.54, 1.807) is 0 Å². The summed E-state index contributed by atoms with van der Waals surface area (Å²) in [5.41, 5.74) is 30.8. The Labute approximate surface area is 417 Å². The molecule has 2 nitrogen and oxygen atoms in total. The molecule has 71 heavy (non-hydrogen) atoms. The van der Waals surface area contributed by atoms with Gasteiger partial charge >= 0.3 is 0 Å². The van der Waals surface area contributed by atoms with E-state index in [0.29, 0.717) is 0 Å². The van der Waals surface area contributed by atoms with Gasteiger partial charge in [0.1, 0.15) is 0 Å². The lowest BCUT2D eigenvalue weighted by molar-refractivity contribution is 0.739. The van der Waals surface area contributed by atoms with Gasteiger partial charge in [0.05, 0.1) is 16.4 Å². The minimum atomic E-state index is -0.420. The van der Waals surface area contributed by atoms with Crippen LogP contribution in [0, 0.1) is 27.7 Å². The molecule has 340 valence electrons. The summed E-state index contributed by atoms with van der Waals surface area (Å²) in [5.74, 6) is 0. The molecule has 0 amide bonds. The summed E-state index contributed by atoms with van der Waals surface area (Å²) < 4.78 is 2.45. The molecule has 0 spiro atoms. The van der Waals surface area contributed by atoms with Crippen molar-refractivity contribution >= 4 is 38.9 Å². The number of hydrogen-bond acceptors (Lipinski definition) is 1. The Morgan fingerprint density at radius 2 is 0.761 bits per heavy atom. The molecule has 0 saturated heterocycles. The zero-order chi connectivity index (χ0) is 47.5. The maximum absolute atomic E-state index is 2.55. The number of aryl methyl sites for hydroxylation is 8. The SMILES string of the molecule is Cc1ccc(N(c2ccc(C)cc2)c2ccc(-c3ccc(-n4c5ccc(C)cc5c5cc(-c6ccc7c(c6)C(c6ccc8c(c6)CC8)(c6ccc8c(c6)CC8)c6cc(C)ccc6-7)ccc54)cc3)cc2)cc1. The highest BCUT2D eigenvalue weighted by atomic mass is 15.1. The topological polar surface area (TPSA) is 8.17 Å². The lowest BCUT2D eigenvalue weighted by atomic mass is 9.65. The van der Waals surface area contributed by atoms with Crippen molar-refractivity contribution in [3.05, 3.63) is 273 Å². The minimum Gasteiger partial charge on any atom is -0.311 e. The van der Waals surface area contributed by atoms with Crippen LogP contribution in [0.5, 0.6) is 0 Å². The second-order valence-corrected chi connectivity index (χ2v) is 20.7. The van der Waals surface area contributed by atoms with Crippen LogP contribution in [0.4, 0.5) is 17.1 Å². The number of rotatable bonds is 8. The summed E-state index contributed by atoms with van der Waals surface area (Å²) in [6.07, 6.45) is 4.68. The molecule has 1 heterocycles. The van der Waals surface area contributed by atoms with E-state index in [0.717, 1.165) is 35.6 Å². The van der Waals surface area contributed by atoms with Gasteiger partial charge in [0.25, 0.3) is 0 Å². The molecule has 0 aliphatic heterocycles. The van der Waals surface area contributed by atoms with Crippen molar-refractivity contribution in [3.63, 3.8) is 0 Å². The molecule has 14 rings (SSSR count). The van der Waals surface area contributed by atoms with Crippen molar-refractivity contribution in [2.24, 2.45) is 0 Å². The molecule has 0 unspecified atom stereocenters. The average Bonchev–Trinajstić information content (AvgIpc) is 3.85. The van der Waals surface area contributed by atoms with Gasteiger partial charge in [-0.2, -0.15) is 0 Å². The highest BCUT2D eigenvalue weighted by molar-refractivity contribution is 6.11. The van der Waals surface area contributed by atoms with E-state index in [-0.39, 0.29) is 0 Å². The van der Waals surface area contributed by atoms with Crippen LogP contribution in [0.15, 0.2) is 206 Å². The molecule has 0 atom stereocenters. The predicted octanol–water partition coefficient (Wildman–Crippen LogP) is 17.4. The highest BCUT2D eigenvalue weighted by Crippen LogP contribution is 2.58. The molecule has 0 bridgehead atoms. The first-order valence-corrected chi connectivity index (χ1v) is 25.5. The molecule has 3 aliphatic carbocycles. The fourth-order valence-corrected chi connectivity index (χ4v) is 12.3. The second-order valence-electron chi connectivity index (χ2n) is 20.7. The molecular formula is C69H54N2. The molecule has 0 saturated carbocycles. The Hall–Kier alpha value is -8.20. The lowest BCUT2D eigenvalue weighted by Crippen LogP contribution is -2.30. The van der Waals surface area contributed by atoms with Crippen molar-refractivity contribution in [2.45, 2.75) is 58.8 Å². The van der Waals surface area contributed by atoms with E-state index < -0.39 is 5.41 Å². The van der Waals surface area contributed by atoms with Gasteiger partial charge in [0.15, 0.2) is 0 Å². The van der Waals surface area contributed by atoms with Gasteiger partial charge < -0.3 is 9.47 Å². The van der Waals surface area contributed by atoms with Crippen LogP contribution < -0.4 is 4.90 Å². The van der Waals surface area contributed by atoms with Crippen molar-refractivity contribution in [2.75, 3.05) is 4.90 Å². The van der Waals surface area contributed by atoms with E-state index in [9.17, 15) is 0 Å². The summed E-state index contributed by atoms with van der Waals surface area (Å²) in [7, 11) is 0. The molecule has 0 N–H and O–H groups in total. The van der Waals surface area contributed by atoms with Crippen LogP contribution in [0.3, 0.4) is 0 Å². The van der Waals surface area contributed by atoms with Crippen molar-refractivity contribution < 1.29 is 0 Å². The van der Waals surface area contributed by atoms with Crippen LogP contribution >= 0.6 is 0 Å². The first kappa shape index (κ1) is 41.7. The maximum atomic E-state index is 2.55. The summed E-state index contributed by atoms with van der Waals surface area (Å²) >= 11 is 0. The molecular weight excluding hydrogens is 857 g/mol. The monoisotopic (exact) mass is 910 g/mol. The van der Waals surface area contributed by atoms with Crippen LogP contribution in [-0.2, 0) is 31.1 Å². The number of fused-ring (bicyclic) bond motifs is 8. The quantitative estimate of drug-likeness (QED) is 0.147. The third-order valence-corrected chi connectivity index (χ3v) is 16.3. The van der Waals surface area contributed by atoms with E-state index in [1.165, 1.54) is 135 Å². The number of aromatic nitrogens is 1. The van der Waals surface area contributed by atoms with Crippen molar-refractivity contribution in [1.82, 2.24) is 4.57 Å². The van der Waals surface area contributed by atoms with Gasteiger partial charge in [-0.1, -0.05) is 150 Å². The second kappa shape index (κ2) is 15.9. The summed E-state index contributed by atoms with van der Waals surface area (Å²) in [6.45, 7) is 8.74. The average molecular weight is 911 g/mol. The molecule has 1 aromatic heterocycles. The summed E-state index contributed by atoms with van der Waals surface area (Å²) in [6, 6.07) is 79.1. The fourth-order valence-electron chi connectivity index (χ4n) is 12.3. The normalized spacial score (nSPS) is 13.8. The minimum absolute atomic E-state index is 0.420. The lowest BCUT2D eigenvalue weighted by Gasteiger charge is -2.37. The fraction of sp³-hybridized carbons (Fsp3) is 0.130. The number of benzene rings is 10. The van der Waals surface area contributed by atoms with Crippen LogP contribution in [0.25, 0.3) is 60.9 Å². The Morgan fingerprint density at radius 3 is 1.32 bits per heavy atom. The number of hydrogen-bond donors (Lipinski definition) is 0. The van der Waals surface area contributed by atoms with E-state index in [2.05, 4.69) is 243 Å². The Balaban J connectivity index is 0.854. The summed E-state index contributed by atoms with van der Waals surface area (Å²) in [4.78, 5) is 2.33. The standard InChI is InChI=1S/C69H54N2/c1-43-5-25-57(26-6-43)70(58-27-7-44(2)8-28-58)59-29-17-47(18-30-59)48-19-31-60(32-20-48)71-67-35-10-45(3)37-63(67)64-41-53(22-36-68(64)71)54-21-34-62-61-33-9-46(4)38-65(61)69(66(62)42-54,55-23-15-49-11-13-51(49)39-55)56-24-16-50-12-14-52(50)40-56/h5-10,15-42H,11-14H2,1-4H3. The molecule has 10 aromatic carbocycles. The van der Waals surface area contributed by atoms with E-state index in [4.69, 9.17) is 0 Å². The van der Waals surface area contributed by atoms with Crippen molar-refractivity contribution in [3.8, 4) is 39.1 Å². The van der Waals surface area contributed by atoms with Crippen LogP contribution in [0.2, 0.25) is 0 Å². The molecule has 11 aromatic rings. The predicted molar refractivity (Wildman–Crippen MR) is 297 cm³/mol. The highest BCUT2D eigenvalue weighted by Gasteiger charge is 2.47. The van der Waals surface area contributed by atoms with E-state index in [1.807, 2.05) is 0 Å². The molecule has 2 heteroatoms. The van der Waals surface area contributed by atoms with Gasteiger partial charge in [-0.25, -0.2) is 0 Å². The van der Waals surface area contributed by atoms with Gasteiger partial charge in [0.2, 0.25) is 0 Å².